The molecule has 1 N–H and O–H groups in total. The van der Waals surface area contributed by atoms with Crippen molar-refractivity contribution in [3.8, 4) is 0 Å². The topological polar surface area (TPSA) is 75.7 Å². The van der Waals surface area contributed by atoms with Crippen molar-refractivity contribution in [2.24, 2.45) is 5.92 Å². The Morgan fingerprint density at radius 3 is 2.62 bits per heavy atom. The molecule has 6 nitrogen and oxygen atoms in total. The second-order valence-corrected chi connectivity index (χ2v) is 8.28. The van der Waals surface area contributed by atoms with Gasteiger partial charge < -0.3 is 10.1 Å². The molecule has 0 spiro atoms. The van der Waals surface area contributed by atoms with Crippen LogP contribution in [-0.4, -0.2) is 46.9 Å². The Hall–Kier alpha value is -1.02. The average Bonchev–Trinajstić information content (AvgIpc) is 2.54. The molecule has 0 radical (unpaired) electrons. The van der Waals surface area contributed by atoms with Gasteiger partial charge in [0.15, 0.2) is 0 Å². The maximum atomic E-state index is 12.1. The Morgan fingerprint density at radius 2 is 2.00 bits per heavy atom. The molecule has 2 rings (SSSR count). The summed E-state index contributed by atoms with van der Waals surface area (Å²) in [7, 11) is -3.56. The zero-order valence-electron chi connectivity index (χ0n) is 13.3. The second-order valence-electron chi connectivity index (χ2n) is 5.59. The highest BCUT2D eigenvalue weighted by molar-refractivity contribution is 7.92. The number of amides is 1. The molecule has 0 atom stereocenters. The predicted molar refractivity (Wildman–Crippen MR) is 95.2 cm³/mol. The van der Waals surface area contributed by atoms with Crippen molar-refractivity contribution in [2.45, 2.75) is 12.8 Å². The van der Waals surface area contributed by atoms with Crippen LogP contribution in [0.3, 0.4) is 0 Å². The van der Waals surface area contributed by atoms with E-state index in [0.717, 1.165) is 10.6 Å². The Bertz CT molecular complexity index is 691. The van der Waals surface area contributed by atoms with E-state index in [1.54, 1.807) is 18.2 Å². The number of sulfonamides is 1. The summed E-state index contributed by atoms with van der Waals surface area (Å²) in [6.45, 7) is 1.41. The van der Waals surface area contributed by atoms with Crippen molar-refractivity contribution in [1.82, 2.24) is 5.32 Å². The van der Waals surface area contributed by atoms with Crippen molar-refractivity contribution in [2.75, 3.05) is 36.9 Å². The number of rotatable bonds is 6. The van der Waals surface area contributed by atoms with Crippen molar-refractivity contribution >= 4 is 44.8 Å². The Kier molecular flexibility index (Phi) is 6.74. The van der Waals surface area contributed by atoms with E-state index in [1.807, 2.05) is 0 Å². The molecular formula is C15H20Cl2N2O4S. The Balaban J connectivity index is 2.02. The summed E-state index contributed by atoms with van der Waals surface area (Å²) in [4.78, 5) is 12.1. The van der Waals surface area contributed by atoms with Crippen molar-refractivity contribution < 1.29 is 17.9 Å². The third-order valence-electron chi connectivity index (χ3n) is 3.81. The highest BCUT2D eigenvalue weighted by atomic mass is 35.5. The average molecular weight is 395 g/mol. The lowest BCUT2D eigenvalue weighted by Gasteiger charge is -2.25. The molecule has 24 heavy (non-hydrogen) atoms. The third-order valence-corrected chi connectivity index (χ3v) is 5.80. The van der Waals surface area contributed by atoms with Gasteiger partial charge in [-0.15, -0.1) is 0 Å². The fourth-order valence-electron chi connectivity index (χ4n) is 2.53. The first kappa shape index (κ1) is 19.3. The molecular weight excluding hydrogens is 375 g/mol. The van der Waals surface area contributed by atoms with Gasteiger partial charge in [-0.25, -0.2) is 8.42 Å². The van der Waals surface area contributed by atoms with E-state index in [2.05, 4.69) is 5.32 Å². The molecule has 1 saturated heterocycles. The first-order valence-electron chi connectivity index (χ1n) is 7.58. The molecule has 1 heterocycles. The van der Waals surface area contributed by atoms with Crippen LogP contribution in [0.1, 0.15) is 12.8 Å². The van der Waals surface area contributed by atoms with Crippen molar-refractivity contribution in [3.05, 3.63) is 28.2 Å². The van der Waals surface area contributed by atoms with Gasteiger partial charge in [-0.2, -0.15) is 0 Å². The summed E-state index contributed by atoms with van der Waals surface area (Å²) in [6.07, 6.45) is 2.45. The molecule has 1 fully saturated rings. The smallest absolute Gasteiger partial charge is 0.232 e. The minimum Gasteiger partial charge on any atom is -0.381 e. The zero-order valence-corrected chi connectivity index (χ0v) is 15.6. The summed E-state index contributed by atoms with van der Waals surface area (Å²) in [5.41, 5.74) is 0.298. The van der Waals surface area contributed by atoms with E-state index >= 15 is 0 Å². The summed E-state index contributed by atoms with van der Waals surface area (Å²) in [5, 5.41) is 3.22. The maximum Gasteiger partial charge on any atom is 0.232 e. The van der Waals surface area contributed by atoms with Crippen LogP contribution in [0.15, 0.2) is 18.2 Å². The first-order valence-corrected chi connectivity index (χ1v) is 10.2. The SMILES string of the molecule is CS(=O)(=O)N(CCNC(=O)C1CCOCC1)c1cccc(Cl)c1Cl. The number of nitrogens with zero attached hydrogens (tertiary/aromatic N) is 1. The van der Waals surface area contributed by atoms with Crippen LogP contribution in [0.5, 0.6) is 0 Å². The van der Waals surface area contributed by atoms with Crippen LogP contribution in [0.4, 0.5) is 5.69 Å². The molecule has 1 aliphatic heterocycles. The molecule has 1 aromatic carbocycles. The van der Waals surface area contributed by atoms with Crippen LogP contribution in [0.2, 0.25) is 10.0 Å². The van der Waals surface area contributed by atoms with Gasteiger partial charge in [0.2, 0.25) is 15.9 Å². The van der Waals surface area contributed by atoms with Crippen LogP contribution < -0.4 is 9.62 Å². The second kappa shape index (κ2) is 8.38. The summed E-state index contributed by atoms with van der Waals surface area (Å²) in [6, 6.07) is 4.79. The minimum atomic E-state index is -3.56. The van der Waals surface area contributed by atoms with Crippen LogP contribution in [0, 0.1) is 5.92 Å². The van der Waals surface area contributed by atoms with Gasteiger partial charge in [-0.1, -0.05) is 29.3 Å². The highest BCUT2D eigenvalue weighted by Crippen LogP contribution is 2.33. The van der Waals surface area contributed by atoms with Gasteiger partial charge in [0, 0.05) is 25.7 Å². The maximum absolute atomic E-state index is 12.1. The summed E-state index contributed by atoms with van der Waals surface area (Å²) >= 11 is 12.1. The fourth-order valence-corrected chi connectivity index (χ4v) is 3.91. The Morgan fingerprint density at radius 1 is 1.33 bits per heavy atom. The van der Waals surface area contributed by atoms with Crippen molar-refractivity contribution in [1.29, 1.82) is 0 Å². The van der Waals surface area contributed by atoms with Gasteiger partial charge in [-0.05, 0) is 25.0 Å². The molecule has 0 bridgehead atoms. The van der Waals surface area contributed by atoms with E-state index in [1.165, 1.54) is 0 Å². The number of ether oxygens (including phenoxy) is 1. The van der Waals surface area contributed by atoms with Crippen LogP contribution in [-0.2, 0) is 19.6 Å². The predicted octanol–water partition coefficient (Wildman–Crippen LogP) is 2.30. The van der Waals surface area contributed by atoms with Crippen molar-refractivity contribution in [3.63, 3.8) is 0 Å². The minimum absolute atomic E-state index is 0.0772. The van der Waals surface area contributed by atoms with Gasteiger partial charge in [0.25, 0.3) is 0 Å². The number of carbonyl (C=O) groups is 1. The lowest BCUT2D eigenvalue weighted by Crippen LogP contribution is -2.41. The van der Waals surface area contributed by atoms with E-state index in [4.69, 9.17) is 27.9 Å². The molecule has 0 aromatic heterocycles. The van der Waals surface area contributed by atoms with E-state index in [9.17, 15) is 13.2 Å². The number of carbonyl (C=O) groups excluding carboxylic acids is 1. The monoisotopic (exact) mass is 394 g/mol. The first-order chi connectivity index (χ1) is 11.3. The lowest BCUT2D eigenvalue weighted by molar-refractivity contribution is -0.127. The van der Waals surface area contributed by atoms with Gasteiger partial charge in [0.1, 0.15) is 0 Å². The normalized spacial score (nSPS) is 16.0. The number of hydrogen-bond acceptors (Lipinski definition) is 4. The molecule has 9 heteroatoms. The number of benzene rings is 1. The quantitative estimate of drug-likeness (QED) is 0.802. The molecule has 134 valence electrons. The Labute approximate surface area is 152 Å². The van der Waals surface area contributed by atoms with E-state index in [-0.39, 0.29) is 35.0 Å². The molecule has 1 aliphatic rings. The summed E-state index contributed by atoms with van der Waals surface area (Å²) < 4.78 is 30.5. The molecule has 1 amide bonds. The molecule has 0 aliphatic carbocycles. The standard InChI is InChI=1S/C15H20Cl2N2O4S/c1-24(21,22)19(13-4-2-3-12(16)14(13)17)8-7-18-15(20)11-5-9-23-10-6-11/h2-4,11H,5-10H2,1H3,(H,18,20). The molecule has 0 unspecified atom stereocenters. The van der Waals surface area contributed by atoms with Crippen LogP contribution in [0.25, 0.3) is 0 Å². The van der Waals surface area contributed by atoms with Crippen LogP contribution >= 0.6 is 23.2 Å². The lowest BCUT2D eigenvalue weighted by atomic mass is 9.99. The number of anilines is 1. The molecule has 0 saturated carbocycles. The number of hydrogen-bond donors (Lipinski definition) is 1. The fraction of sp³-hybridized carbons (Fsp3) is 0.533. The highest BCUT2D eigenvalue weighted by Gasteiger charge is 2.23. The van der Waals surface area contributed by atoms with Gasteiger partial charge in [0.05, 0.1) is 28.5 Å². The molecule has 1 aromatic rings. The van der Waals surface area contributed by atoms with Gasteiger partial charge in [-0.3, -0.25) is 9.10 Å². The van der Waals surface area contributed by atoms with E-state index in [0.29, 0.717) is 31.7 Å². The third kappa shape index (κ3) is 4.99. The largest absolute Gasteiger partial charge is 0.381 e. The zero-order chi connectivity index (χ0) is 17.7. The number of halogens is 2. The summed E-state index contributed by atoms with van der Waals surface area (Å²) in [5.74, 6) is -0.163. The number of nitrogens with one attached hydrogen (secondary N) is 1. The van der Waals surface area contributed by atoms with Gasteiger partial charge >= 0.3 is 0 Å². The van der Waals surface area contributed by atoms with E-state index < -0.39 is 10.0 Å².